The molecule has 0 unspecified atom stereocenters. The third-order valence-electron chi connectivity index (χ3n) is 5.16. The van der Waals surface area contributed by atoms with Crippen LogP contribution in [0.25, 0.3) is 16.9 Å². The van der Waals surface area contributed by atoms with Gasteiger partial charge in [-0.15, -0.1) is 0 Å². The second-order valence-corrected chi connectivity index (χ2v) is 7.51. The number of carbonyl (C=O) groups excluding carboxylic acids is 2. The van der Waals surface area contributed by atoms with Crippen LogP contribution in [0.5, 0.6) is 5.75 Å². The average molecular weight is 456 g/mol. The highest BCUT2D eigenvalue weighted by Crippen LogP contribution is 2.30. The lowest BCUT2D eigenvalue weighted by Crippen LogP contribution is -2.14. The van der Waals surface area contributed by atoms with Crippen LogP contribution >= 0.6 is 0 Å². The maximum absolute atomic E-state index is 12.6. The Morgan fingerprint density at radius 2 is 1.71 bits per heavy atom. The van der Waals surface area contributed by atoms with E-state index in [2.05, 4.69) is 10.4 Å². The molecule has 3 aromatic carbocycles. The number of anilines is 1. The van der Waals surface area contributed by atoms with Crippen LogP contribution in [0.2, 0.25) is 0 Å². The van der Waals surface area contributed by atoms with Crippen LogP contribution in [0.15, 0.2) is 84.9 Å². The van der Waals surface area contributed by atoms with Gasteiger partial charge in [-0.1, -0.05) is 54.6 Å². The SMILES string of the molecule is CCOC(=O)c1cc(-c2cccc(NC(=O)Cc3ccccc3)c2)n(-c2ccccc2OC)n1. The number of carbonyl (C=O) groups is 2. The Morgan fingerprint density at radius 1 is 0.941 bits per heavy atom. The molecule has 4 aromatic rings. The summed E-state index contributed by atoms with van der Waals surface area (Å²) in [7, 11) is 1.58. The van der Waals surface area contributed by atoms with Crippen LogP contribution in [0.3, 0.4) is 0 Å². The molecule has 172 valence electrons. The predicted molar refractivity (Wildman–Crippen MR) is 130 cm³/mol. The Labute approximate surface area is 197 Å². The molecule has 1 aromatic heterocycles. The zero-order chi connectivity index (χ0) is 23.9. The first-order valence-electron chi connectivity index (χ1n) is 10.9. The Hall–Kier alpha value is -4.39. The van der Waals surface area contributed by atoms with E-state index >= 15 is 0 Å². The normalized spacial score (nSPS) is 10.5. The molecule has 34 heavy (non-hydrogen) atoms. The molecular weight excluding hydrogens is 430 g/mol. The first-order valence-corrected chi connectivity index (χ1v) is 10.9. The van der Waals surface area contributed by atoms with Crippen molar-refractivity contribution in [3.63, 3.8) is 0 Å². The lowest BCUT2D eigenvalue weighted by Gasteiger charge is -2.12. The lowest BCUT2D eigenvalue weighted by atomic mass is 10.1. The monoisotopic (exact) mass is 455 g/mol. The van der Waals surface area contributed by atoms with Gasteiger partial charge in [0.05, 0.1) is 25.8 Å². The van der Waals surface area contributed by atoms with Gasteiger partial charge in [-0.05, 0) is 42.8 Å². The quantitative estimate of drug-likeness (QED) is 0.382. The molecule has 0 aliphatic heterocycles. The van der Waals surface area contributed by atoms with Crippen LogP contribution in [-0.4, -0.2) is 35.4 Å². The van der Waals surface area contributed by atoms with Crippen molar-refractivity contribution in [3.8, 4) is 22.7 Å². The second-order valence-electron chi connectivity index (χ2n) is 7.51. The van der Waals surface area contributed by atoms with Crippen molar-refractivity contribution >= 4 is 17.6 Å². The number of para-hydroxylation sites is 2. The van der Waals surface area contributed by atoms with E-state index in [0.717, 1.165) is 11.1 Å². The molecule has 0 fully saturated rings. The third kappa shape index (κ3) is 5.15. The van der Waals surface area contributed by atoms with Gasteiger partial charge >= 0.3 is 5.97 Å². The first-order chi connectivity index (χ1) is 16.6. The number of nitrogens with zero attached hydrogens (tertiary/aromatic N) is 2. The van der Waals surface area contributed by atoms with Gasteiger partial charge in [0.15, 0.2) is 5.69 Å². The predicted octanol–water partition coefficient (Wildman–Crippen LogP) is 4.91. The summed E-state index contributed by atoms with van der Waals surface area (Å²) in [5, 5.41) is 7.45. The fourth-order valence-electron chi connectivity index (χ4n) is 3.62. The van der Waals surface area contributed by atoms with Gasteiger partial charge in [-0.25, -0.2) is 9.48 Å². The summed E-state index contributed by atoms with van der Waals surface area (Å²) in [6, 6.07) is 26.1. The third-order valence-corrected chi connectivity index (χ3v) is 5.16. The van der Waals surface area contributed by atoms with Crippen LogP contribution in [0.1, 0.15) is 23.0 Å². The van der Waals surface area contributed by atoms with E-state index in [1.807, 2.05) is 78.9 Å². The van der Waals surface area contributed by atoms with Crippen molar-refractivity contribution in [2.24, 2.45) is 0 Å². The van der Waals surface area contributed by atoms with Crippen molar-refractivity contribution in [1.29, 1.82) is 0 Å². The standard InChI is InChI=1S/C27H25N3O4/c1-3-34-27(32)22-18-24(30(29-22)23-14-7-8-15-25(23)33-2)20-12-9-13-21(17-20)28-26(31)16-19-10-5-4-6-11-19/h4-15,17-18H,3,16H2,1-2H3,(H,28,31). The van der Waals surface area contributed by atoms with E-state index in [1.165, 1.54) is 0 Å². The molecule has 0 aliphatic carbocycles. The van der Waals surface area contributed by atoms with Crippen molar-refractivity contribution in [3.05, 3.63) is 96.2 Å². The molecule has 0 aliphatic rings. The van der Waals surface area contributed by atoms with E-state index in [9.17, 15) is 9.59 Å². The zero-order valence-corrected chi connectivity index (χ0v) is 19.0. The summed E-state index contributed by atoms with van der Waals surface area (Å²) in [6.45, 7) is 2.00. The van der Waals surface area contributed by atoms with Gasteiger partial charge < -0.3 is 14.8 Å². The largest absolute Gasteiger partial charge is 0.494 e. The van der Waals surface area contributed by atoms with Gasteiger partial charge in [0, 0.05) is 11.3 Å². The zero-order valence-electron chi connectivity index (χ0n) is 19.0. The van der Waals surface area contributed by atoms with Crippen LogP contribution < -0.4 is 10.1 Å². The summed E-state index contributed by atoms with van der Waals surface area (Å²) < 4.78 is 12.3. The topological polar surface area (TPSA) is 82.5 Å². The molecule has 0 saturated carbocycles. The maximum atomic E-state index is 12.6. The number of nitrogens with one attached hydrogen (secondary N) is 1. The number of benzene rings is 3. The number of esters is 1. The molecule has 0 radical (unpaired) electrons. The fourth-order valence-corrected chi connectivity index (χ4v) is 3.62. The Morgan fingerprint density at radius 3 is 2.47 bits per heavy atom. The van der Waals surface area contributed by atoms with Gasteiger partial charge in [0.1, 0.15) is 11.4 Å². The minimum absolute atomic E-state index is 0.117. The molecule has 4 rings (SSSR count). The number of amides is 1. The number of rotatable bonds is 8. The lowest BCUT2D eigenvalue weighted by molar-refractivity contribution is -0.115. The number of hydrogen-bond donors (Lipinski definition) is 1. The molecular formula is C27H25N3O4. The molecule has 1 amide bonds. The number of hydrogen-bond acceptors (Lipinski definition) is 5. The van der Waals surface area contributed by atoms with E-state index in [0.29, 0.717) is 22.8 Å². The molecule has 1 heterocycles. The van der Waals surface area contributed by atoms with Gasteiger partial charge in [0.25, 0.3) is 0 Å². The highest BCUT2D eigenvalue weighted by molar-refractivity contribution is 5.93. The molecule has 0 bridgehead atoms. The Kier molecular flexibility index (Phi) is 7.03. The Bertz CT molecular complexity index is 1300. The average Bonchev–Trinajstić information content (AvgIpc) is 3.30. The summed E-state index contributed by atoms with van der Waals surface area (Å²) in [5.41, 5.74) is 3.86. The first kappa shape index (κ1) is 22.8. The van der Waals surface area contributed by atoms with Crippen LogP contribution in [-0.2, 0) is 16.0 Å². The van der Waals surface area contributed by atoms with E-state index in [1.54, 1.807) is 24.8 Å². The van der Waals surface area contributed by atoms with Crippen LogP contribution in [0, 0.1) is 0 Å². The molecule has 0 atom stereocenters. The molecule has 0 spiro atoms. The molecule has 7 heteroatoms. The molecule has 1 N–H and O–H groups in total. The fraction of sp³-hybridized carbons (Fsp3) is 0.148. The summed E-state index contributed by atoms with van der Waals surface area (Å²) >= 11 is 0. The van der Waals surface area contributed by atoms with E-state index in [-0.39, 0.29) is 24.6 Å². The highest BCUT2D eigenvalue weighted by atomic mass is 16.5. The van der Waals surface area contributed by atoms with Gasteiger partial charge in [-0.3, -0.25) is 4.79 Å². The number of aromatic nitrogens is 2. The minimum atomic E-state index is -0.510. The van der Waals surface area contributed by atoms with Crippen molar-refractivity contribution in [2.75, 3.05) is 19.0 Å². The summed E-state index contributed by atoms with van der Waals surface area (Å²) in [6.07, 6.45) is 0.275. The van der Waals surface area contributed by atoms with Gasteiger partial charge in [-0.2, -0.15) is 5.10 Å². The van der Waals surface area contributed by atoms with Gasteiger partial charge in [0.2, 0.25) is 5.91 Å². The Balaban J connectivity index is 1.69. The maximum Gasteiger partial charge on any atom is 0.358 e. The number of ether oxygens (including phenoxy) is 2. The van der Waals surface area contributed by atoms with Crippen molar-refractivity contribution in [2.45, 2.75) is 13.3 Å². The minimum Gasteiger partial charge on any atom is -0.494 e. The van der Waals surface area contributed by atoms with Crippen LogP contribution in [0.4, 0.5) is 5.69 Å². The van der Waals surface area contributed by atoms with E-state index in [4.69, 9.17) is 9.47 Å². The second kappa shape index (κ2) is 10.5. The van der Waals surface area contributed by atoms with Crippen molar-refractivity contribution in [1.82, 2.24) is 9.78 Å². The smallest absolute Gasteiger partial charge is 0.358 e. The summed E-state index contributed by atoms with van der Waals surface area (Å²) in [4.78, 5) is 25.0. The number of methoxy groups -OCH3 is 1. The summed E-state index contributed by atoms with van der Waals surface area (Å²) in [5.74, 6) is -0.0203. The molecule has 0 saturated heterocycles. The van der Waals surface area contributed by atoms with Crippen molar-refractivity contribution < 1.29 is 19.1 Å². The highest BCUT2D eigenvalue weighted by Gasteiger charge is 2.20. The van der Waals surface area contributed by atoms with E-state index < -0.39 is 5.97 Å². The molecule has 7 nitrogen and oxygen atoms in total.